The number of methoxy groups -OCH3 is 1. The molecule has 2 aliphatic heterocycles. The monoisotopic (exact) mass is 479 g/mol. The van der Waals surface area contributed by atoms with Crippen molar-refractivity contribution in [2.45, 2.75) is 25.8 Å². The zero-order chi connectivity index (χ0) is 23.1. The second kappa shape index (κ2) is 8.76. The van der Waals surface area contributed by atoms with Gasteiger partial charge in [0.2, 0.25) is 0 Å². The zero-order valence-corrected chi connectivity index (χ0v) is 20.2. The van der Waals surface area contributed by atoms with E-state index in [1.54, 1.807) is 6.07 Å². The number of aryl methyl sites for hydroxylation is 1. The number of hydrogen-bond donors (Lipinski definition) is 1. The summed E-state index contributed by atoms with van der Waals surface area (Å²) in [6.07, 6.45) is 1.06. The number of anilines is 1. The molecule has 2 bridgehead atoms. The average molecular weight is 480 g/mol. The summed E-state index contributed by atoms with van der Waals surface area (Å²) in [6.45, 7) is 4.28. The lowest BCUT2D eigenvalue weighted by atomic mass is 9.83. The van der Waals surface area contributed by atoms with E-state index in [-0.39, 0.29) is 17.4 Å². The number of pyridine rings is 1. The van der Waals surface area contributed by atoms with E-state index in [1.807, 2.05) is 53.3 Å². The molecule has 1 saturated heterocycles. The van der Waals surface area contributed by atoms with Crippen LogP contribution in [0.4, 0.5) is 5.00 Å². The minimum Gasteiger partial charge on any atom is -0.465 e. The minimum absolute atomic E-state index is 0.0706. The number of thiophene rings is 1. The van der Waals surface area contributed by atoms with Gasteiger partial charge in [-0.1, -0.05) is 35.9 Å². The number of nitrogens with one attached hydrogen (secondary N) is 1. The van der Waals surface area contributed by atoms with Crippen molar-refractivity contribution in [1.29, 1.82) is 0 Å². The first kappa shape index (κ1) is 21.9. The Balaban J connectivity index is 1.40. The number of carbonyl (C=O) groups excluding carboxylic acids is 1. The van der Waals surface area contributed by atoms with Gasteiger partial charge in [0.1, 0.15) is 10.6 Å². The summed E-state index contributed by atoms with van der Waals surface area (Å²) in [4.78, 5) is 27.2. The Kier molecular flexibility index (Phi) is 5.80. The predicted octanol–water partition coefficient (Wildman–Crippen LogP) is 4.49. The number of rotatable bonds is 3. The standard InChI is InChI=1S/C25H25N3O3S2/c1-15-6-8-17(9-7-15)19-14-33-23(22(19)24(30)31-2)26-25(32)27-11-16-10-18(13-27)20-4-3-5-21(29)28(20)12-16/h3-9,14,16,18H,10-13H2,1-2H3,(H,26,32)/t16-,18-/m1/s1. The molecule has 0 spiro atoms. The largest absolute Gasteiger partial charge is 0.465 e. The molecule has 4 heterocycles. The molecular weight excluding hydrogens is 454 g/mol. The first-order valence-electron chi connectivity index (χ1n) is 11.0. The maximum atomic E-state index is 12.7. The normalized spacial score (nSPS) is 19.0. The number of likely N-dealkylation sites (tertiary alicyclic amines) is 1. The van der Waals surface area contributed by atoms with Crippen LogP contribution in [-0.2, 0) is 11.3 Å². The van der Waals surface area contributed by atoms with Gasteiger partial charge in [0.05, 0.1) is 7.11 Å². The molecule has 0 radical (unpaired) electrons. The third kappa shape index (κ3) is 4.09. The third-order valence-corrected chi connectivity index (χ3v) is 7.79. The summed E-state index contributed by atoms with van der Waals surface area (Å²) < 4.78 is 7.01. The van der Waals surface area contributed by atoms with Gasteiger partial charge >= 0.3 is 5.97 Å². The molecule has 0 unspecified atom stereocenters. The van der Waals surface area contributed by atoms with Crippen LogP contribution in [-0.4, -0.2) is 40.7 Å². The van der Waals surface area contributed by atoms with Gasteiger partial charge in [-0.2, -0.15) is 0 Å². The molecule has 170 valence electrons. The fourth-order valence-electron chi connectivity index (χ4n) is 4.94. The molecule has 33 heavy (non-hydrogen) atoms. The summed E-state index contributed by atoms with van der Waals surface area (Å²) in [6, 6.07) is 13.6. The number of aromatic nitrogens is 1. The molecule has 1 fully saturated rings. The lowest BCUT2D eigenvalue weighted by molar-refractivity contribution is 0.0603. The first-order chi connectivity index (χ1) is 15.9. The van der Waals surface area contributed by atoms with E-state index in [1.165, 1.54) is 18.4 Å². The van der Waals surface area contributed by atoms with Crippen LogP contribution in [0, 0.1) is 12.8 Å². The Morgan fingerprint density at radius 1 is 1.15 bits per heavy atom. The SMILES string of the molecule is COC(=O)c1c(-c2ccc(C)cc2)csc1NC(=S)N1C[C@H]2C[C@H](C1)c1cccc(=O)n1C2. The molecule has 2 aromatic heterocycles. The van der Waals surface area contributed by atoms with Crippen molar-refractivity contribution in [1.82, 2.24) is 9.47 Å². The summed E-state index contributed by atoms with van der Waals surface area (Å²) >= 11 is 7.24. The second-order valence-electron chi connectivity index (χ2n) is 8.74. The minimum atomic E-state index is -0.388. The number of piperidine rings is 1. The van der Waals surface area contributed by atoms with Crippen molar-refractivity contribution < 1.29 is 9.53 Å². The van der Waals surface area contributed by atoms with Crippen LogP contribution < -0.4 is 10.9 Å². The van der Waals surface area contributed by atoms with Gasteiger partial charge in [-0.15, -0.1) is 11.3 Å². The van der Waals surface area contributed by atoms with Gasteiger partial charge in [0.25, 0.3) is 5.56 Å². The van der Waals surface area contributed by atoms with E-state index >= 15 is 0 Å². The van der Waals surface area contributed by atoms with Crippen LogP contribution in [0.5, 0.6) is 0 Å². The predicted molar refractivity (Wildman–Crippen MR) is 135 cm³/mol. The van der Waals surface area contributed by atoms with E-state index < -0.39 is 0 Å². The number of thiocarbonyl (C=S) groups is 1. The highest BCUT2D eigenvalue weighted by atomic mass is 32.1. The van der Waals surface area contributed by atoms with Gasteiger partial charge < -0.3 is 19.5 Å². The van der Waals surface area contributed by atoms with Crippen molar-refractivity contribution >= 4 is 39.6 Å². The van der Waals surface area contributed by atoms with Crippen molar-refractivity contribution in [3.63, 3.8) is 0 Å². The van der Waals surface area contributed by atoms with Gasteiger partial charge in [-0.3, -0.25) is 4.79 Å². The molecule has 1 N–H and O–H groups in total. The van der Waals surface area contributed by atoms with Crippen molar-refractivity contribution in [3.8, 4) is 11.1 Å². The molecule has 0 aliphatic carbocycles. The molecule has 5 rings (SSSR count). The highest BCUT2D eigenvalue weighted by molar-refractivity contribution is 7.80. The van der Waals surface area contributed by atoms with Crippen LogP contribution in [0.3, 0.4) is 0 Å². The van der Waals surface area contributed by atoms with E-state index in [9.17, 15) is 9.59 Å². The van der Waals surface area contributed by atoms with Gasteiger partial charge in [0.15, 0.2) is 5.11 Å². The summed E-state index contributed by atoms with van der Waals surface area (Å²) in [5.41, 5.74) is 4.61. The first-order valence-corrected chi connectivity index (χ1v) is 12.3. The molecule has 6 nitrogen and oxygen atoms in total. The quantitative estimate of drug-likeness (QED) is 0.441. The Hall–Kier alpha value is -2.97. The number of carbonyl (C=O) groups is 1. The maximum Gasteiger partial charge on any atom is 0.341 e. The van der Waals surface area contributed by atoms with Crippen LogP contribution in [0.15, 0.2) is 52.6 Å². The van der Waals surface area contributed by atoms with E-state index in [0.717, 1.165) is 41.9 Å². The van der Waals surface area contributed by atoms with Crippen molar-refractivity contribution in [3.05, 3.63) is 75.0 Å². The molecule has 0 saturated carbocycles. The van der Waals surface area contributed by atoms with Gasteiger partial charge in [-0.25, -0.2) is 4.79 Å². The van der Waals surface area contributed by atoms with Gasteiger partial charge in [-0.05, 0) is 43.1 Å². The molecule has 1 aromatic carbocycles. The zero-order valence-electron chi connectivity index (χ0n) is 18.5. The molecular formula is C25H25N3O3S2. The fourth-order valence-corrected chi connectivity index (χ4v) is 6.21. The van der Waals surface area contributed by atoms with Crippen LogP contribution in [0.1, 0.15) is 34.0 Å². The van der Waals surface area contributed by atoms with Crippen LogP contribution in [0.2, 0.25) is 0 Å². The summed E-state index contributed by atoms with van der Waals surface area (Å²) in [7, 11) is 1.40. The maximum absolute atomic E-state index is 12.7. The smallest absolute Gasteiger partial charge is 0.341 e. The summed E-state index contributed by atoms with van der Waals surface area (Å²) in [5.74, 6) is 0.237. The van der Waals surface area contributed by atoms with E-state index in [2.05, 4.69) is 10.2 Å². The third-order valence-electron chi connectivity index (χ3n) is 6.53. The number of nitrogens with zero attached hydrogens (tertiary/aromatic N) is 2. The van der Waals surface area contributed by atoms with E-state index in [4.69, 9.17) is 17.0 Å². The molecule has 3 aromatic rings. The van der Waals surface area contributed by atoms with Crippen LogP contribution in [0.25, 0.3) is 11.1 Å². The van der Waals surface area contributed by atoms with Crippen molar-refractivity contribution in [2.24, 2.45) is 5.92 Å². The number of esters is 1. The summed E-state index contributed by atoms with van der Waals surface area (Å²) in [5, 5.41) is 6.58. The molecule has 0 amide bonds. The number of hydrogen-bond acceptors (Lipinski definition) is 5. The Morgan fingerprint density at radius 2 is 1.94 bits per heavy atom. The number of benzene rings is 1. The number of ether oxygens (including phenoxy) is 1. The lowest BCUT2D eigenvalue weighted by Crippen LogP contribution is -2.50. The Labute approximate surface area is 201 Å². The van der Waals surface area contributed by atoms with E-state index in [0.29, 0.717) is 28.1 Å². The lowest BCUT2D eigenvalue weighted by Gasteiger charge is -2.43. The van der Waals surface area contributed by atoms with Crippen molar-refractivity contribution in [2.75, 3.05) is 25.5 Å². The number of fused-ring (bicyclic) bond motifs is 4. The second-order valence-corrected chi connectivity index (χ2v) is 10.0. The highest BCUT2D eigenvalue weighted by Gasteiger charge is 2.35. The molecule has 2 aliphatic rings. The topological polar surface area (TPSA) is 63.6 Å². The molecule has 8 heteroatoms. The Morgan fingerprint density at radius 3 is 2.70 bits per heavy atom. The van der Waals surface area contributed by atoms with Crippen LogP contribution >= 0.6 is 23.6 Å². The fraction of sp³-hybridized carbons (Fsp3) is 0.320. The average Bonchev–Trinajstić information content (AvgIpc) is 3.23. The Bertz CT molecular complexity index is 1280. The molecule has 2 atom stereocenters. The highest BCUT2D eigenvalue weighted by Crippen LogP contribution is 2.38. The van der Waals surface area contributed by atoms with Gasteiger partial charge in [0, 0.05) is 48.3 Å².